The van der Waals surface area contributed by atoms with E-state index in [4.69, 9.17) is 5.11 Å². The number of aliphatic carboxylic acids is 1. The number of hydrogen-bond donors (Lipinski definition) is 3. The lowest BCUT2D eigenvalue weighted by Crippen LogP contribution is -2.51. The van der Waals surface area contributed by atoms with Crippen molar-refractivity contribution in [2.45, 2.75) is 77.4 Å². The maximum atomic E-state index is 12.1. The molecule has 0 spiro atoms. The Balaban J connectivity index is 2.39. The molecule has 0 radical (unpaired) electrons. The molecule has 1 saturated carbocycles. The van der Waals surface area contributed by atoms with Crippen molar-refractivity contribution >= 4 is 11.9 Å². The molecule has 0 bridgehead atoms. The minimum atomic E-state index is -0.891. The molecular weight excluding hydrogens is 256 g/mol. The lowest BCUT2D eigenvalue weighted by molar-refractivity contribution is -0.140. The molecule has 3 N–H and O–H groups in total. The SMILES string of the molecule is CCCC(NC(C)C(=O)NC1CCC(C)CC1)C(=O)O. The molecule has 0 aromatic heterocycles. The largest absolute Gasteiger partial charge is 0.480 e. The predicted octanol–water partition coefficient (Wildman–Crippen LogP) is 1.91. The molecule has 1 fully saturated rings. The molecule has 2 unspecified atom stereocenters. The summed E-state index contributed by atoms with van der Waals surface area (Å²) in [5, 5.41) is 15.0. The van der Waals surface area contributed by atoms with Gasteiger partial charge in [0, 0.05) is 6.04 Å². The third kappa shape index (κ3) is 5.49. The van der Waals surface area contributed by atoms with E-state index < -0.39 is 18.1 Å². The summed E-state index contributed by atoms with van der Waals surface area (Å²) in [5.74, 6) is -0.232. The summed E-state index contributed by atoms with van der Waals surface area (Å²) in [7, 11) is 0. The molecule has 1 aliphatic carbocycles. The first-order valence-corrected chi connectivity index (χ1v) is 7.73. The van der Waals surface area contributed by atoms with Crippen LogP contribution in [0.25, 0.3) is 0 Å². The molecule has 1 rings (SSSR count). The first-order valence-electron chi connectivity index (χ1n) is 7.73. The highest BCUT2D eigenvalue weighted by molar-refractivity contribution is 5.83. The molecule has 0 aromatic rings. The Hall–Kier alpha value is -1.10. The molecule has 0 aliphatic heterocycles. The van der Waals surface area contributed by atoms with Crippen molar-refractivity contribution in [1.82, 2.24) is 10.6 Å². The van der Waals surface area contributed by atoms with E-state index in [9.17, 15) is 9.59 Å². The molecule has 1 amide bonds. The zero-order valence-corrected chi connectivity index (χ0v) is 12.8. The van der Waals surface area contributed by atoms with Crippen LogP contribution in [0.4, 0.5) is 0 Å². The zero-order valence-electron chi connectivity index (χ0n) is 12.8. The maximum absolute atomic E-state index is 12.1. The molecule has 1 aliphatic rings. The Morgan fingerprint density at radius 3 is 2.35 bits per heavy atom. The van der Waals surface area contributed by atoms with Crippen molar-refractivity contribution in [2.75, 3.05) is 0 Å². The van der Waals surface area contributed by atoms with Crippen LogP contribution >= 0.6 is 0 Å². The Labute approximate surface area is 121 Å². The highest BCUT2D eigenvalue weighted by atomic mass is 16.4. The number of carbonyl (C=O) groups is 2. The highest BCUT2D eigenvalue weighted by Gasteiger charge is 2.25. The third-order valence-corrected chi connectivity index (χ3v) is 4.08. The predicted molar refractivity (Wildman–Crippen MR) is 78.5 cm³/mol. The van der Waals surface area contributed by atoms with Gasteiger partial charge in [-0.1, -0.05) is 20.3 Å². The Bertz CT molecular complexity index is 325. The monoisotopic (exact) mass is 284 g/mol. The number of nitrogens with one attached hydrogen (secondary N) is 2. The van der Waals surface area contributed by atoms with Gasteiger partial charge in [0.2, 0.25) is 5.91 Å². The van der Waals surface area contributed by atoms with Crippen molar-refractivity contribution in [1.29, 1.82) is 0 Å². The number of amides is 1. The average molecular weight is 284 g/mol. The first-order chi connectivity index (χ1) is 9.43. The normalized spacial score (nSPS) is 25.8. The van der Waals surface area contributed by atoms with Gasteiger partial charge in [0.25, 0.3) is 0 Å². The summed E-state index contributed by atoms with van der Waals surface area (Å²) in [6.07, 6.45) is 5.67. The van der Waals surface area contributed by atoms with Crippen molar-refractivity contribution in [3.8, 4) is 0 Å². The topological polar surface area (TPSA) is 78.4 Å². The van der Waals surface area contributed by atoms with Crippen molar-refractivity contribution in [3.63, 3.8) is 0 Å². The van der Waals surface area contributed by atoms with Gasteiger partial charge in [-0.25, -0.2) is 0 Å². The van der Waals surface area contributed by atoms with Crippen LogP contribution in [0.15, 0.2) is 0 Å². The van der Waals surface area contributed by atoms with E-state index in [2.05, 4.69) is 17.6 Å². The maximum Gasteiger partial charge on any atom is 0.320 e. The smallest absolute Gasteiger partial charge is 0.320 e. The second-order valence-corrected chi connectivity index (χ2v) is 6.03. The van der Waals surface area contributed by atoms with Gasteiger partial charge in [-0.15, -0.1) is 0 Å². The summed E-state index contributed by atoms with van der Waals surface area (Å²) in [4.78, 5) is 23.2. The van der Waals surface area contributed by atoms with Crippen molar-refractivity contribution in [3.05, 3.63) is 0 Å². The number of carboxylic acids is 1. The van der Waals surface area contributed by atoms with Crippen LogP contribution in [-0.2, 0) is 9.59 Å². The van der Waals surface area contributed by atoms with Gasteiger partial charge in [0.15, 0.2) is 0 Å². The fourth-order valence-corrected chi connectivity index (χ4v) is 2.67. The molecule has 0 saturated heterocycles. The second-order valence-electron chi connectivity index (χ2n) is 6.03. The second kappa shape index (κ2) is 8.25. The van der Waals surface area contributed by atoms with E-state index in [-0.39, 0.29) is 11.9 Å². The summed E-state index contributed by atoms with van der Waals surface area (Å²) in [5.41, 5.74) is 0. The van der Waals surface area contributed by atoms with Crippen molar-refractivity contribution < 1.29 is 14.7 Å². The standard InChI is InChI=1S/C15H28N2O3/c1-4-5-13(15(19)20)16-11(3)14(18)17-12-8-6-10(2)7-9-12/h10-13,16H,4-9H2,1-3H3,(H,17,18)(H,19,20). The van der Waals surface area contributed by atoms with E-state index >= 15 is 0 Å². The van der Waals surface area contributed by atoms with Gasteiger partial charge in [0.05, 0.1) is 6.04 Å². The van der Waals surface area contributed by atoms with Gasteiger partial charge < -0.3 is 10.4 Å². The van der Waals surface area contributed by atoms with Crippen LogP contribution in [0.1, 0.15) is 59.3 Å². The Kier molecular flexibility index (Phi) is 6.99. The fourth-order valence-electron chi connectivity index (χ4n) is 2.67. The van der Waals surface area contributed by atoms with Gasteiger partial charge in [-0.2, -0.15) is 0 Å². The van der Waals surface area contributed by atoms with Gasteiger partial charge >= 0.3 is 5.97 Å². The van der Waals surface area contributed by atoms with E-state index in [0.717, 1.165) is 38.0 Å². The molecule has 5 nitrogen and oxygen atoms in total. The van der Waals surface area contributed by atoms with Crippen LogP contribution < -0.4 is 10.6 Å². The summed E-state index contributed by atoms with van der Waals surface area (Å²) in [6.45, 7) is 5.91. The number of carbonyl (C=O) groups excluding carboxylic acids is 1. The van der Waals surface area contributed by atoms with Crippen LogP contribution in [0.5, 0.6) is 0 Å². The third-order valence-electron chi connectivity index (χ3n) is 4.08. The lowest BCUT2D eigenvalue weighted by atomic mass is 9.87. The van der Waals surface area contributed by atoms with Gasteiger partial charge in [-0.3, -0.25) is 14.9 Å². The van der Waals surface area contributed by atoms with Crippen LogP contribution in [0.3, 0.4) is 0 Å². The van der Waals surface area contributed by atoms with Crippen molar-refractivity contribution in [2.24, 2.45) is 5.92 Å². The summed E-state index contributed by atoms with van der Waals surface area (Å²) in [6, 6.07) is -0.869. The van der Waals surface area contributed by atoms with Gasteiger partial charge in [0.1, 0.15) is 6.04 Å². The van der Waals surface area contributed by atoms with Crippen LogP contribution in [0, 0.1) is 5.92 Å². The number of rotatable bonds is 7. The van der Waals surface area contributed by atoms with E-state index in [0.29, 0.717) is 6.42 Å². The molecule has 5 heteroatoms. The molecule has 0 aromatic carbocycles. The summed E-state index contributed by atoms with van der Waals surface area (Å²) >= 11 is 0. The quantitative estimate of drug-likeness (QED) is 0.667. The zero-order chi connectivity index (χ0) is 15.1. The number of hydrogen-bond acceptors (Lipinski definition) is 3. The Morgan fingerprint density at radius 2 is 1.85 bits per heavy atom. The molecular formula is C15H28N2O3. The highest BCUT2D eigenvalue weighted by Crippen LogP contribution is 2.23. The minimum absolute atomic E-state index is 0.0908. The van der Waals surface area contributed by atoms with Crippen LogP contribution in [-0.4, -0.2) is 35.1 Å². The molecule has 116 valence electrons. The first kappa shape index (κ1) is 17.0. The van der Waals surface area contributed by atoms with E-state index in [1.807, 2.05) is 6.92 Å². The van der Waals surface area contributed by atoms with E-state index in [1.54, 1.807) is 6.92 Å². The fraction of sp³-hybridized carbons (Fsp3) is 0.867. The number of carboxylic acid groups (broad SMARTS) is 1. The van der Waals surface area contributed by atoms with Crippen LogP contribution in [0.2, 0.25) is 0 Å². The molecule has 20 heavy (non-hydrogen) atoms. The lowest BCUT2D eigenvalue weighted by Gasteiger charge is -2.28. The Morgan fingerprint density at radius 1 is 1.25 bits per heavy atom. The van der Waals surface area contributed by atoms with Gasteiger partial charge in [-0.05, 0) is 44.9 Å². The molecule has 2 atom stereocenters. The average Bonchev–Trinajstić information content (AvgIpc) is 2.40. The summed E-state index contributed by atoms with van der Waals surface area (Å²) < 4.78 is 0. The molecule has 0 heterocycles. The minimum Gasteiger partial charge on any atom is -0.480 e. The van der Waals surface area contributed by atoms with E-state index in [1.165, 1.54) is 0 Å².